The van der Waals surface area contributed by atoms with Gasteiger partial charge in [0.1, 0.15) is 18.0 Å². The van der Waals surface area contributed by atoms with E-state index < -0.39 is 0 Å². The molecule has 9 heteroatoms. The van der Waals surface area contributed by atoms with Crippen LogP contribution in [0.25, 0.3) is 0 Å². The van der Waals surface area contributed by atoms with Crippen LogP contribution in [0.1, 0.15) is 39.0 Å². The first-order valence-electron chi connectivity index (χ1n) is 9.26. The summed E-state index contributed by atoms with van der Waals surface area (Å²) in [5, 5.41) is 9.59. The minimum Gasteiger partial charge on any atom is -0.497 e. The van der Waals surface area contributed by atoms with Crippen molar-refractivity contribution in [2.24, 2.45) is 0 Å². The lowest BCUT2D eigenvalue weighted by Crippen LogP contribution is -2.19. The van der Waals surface area contributed by atoms with Gasteiger partial charge in [-0.25, -0.2) is 0 Å². The lowest BCUT2D eigenvalue weighted by atomic mass is 10.1. The molecule has 0 aliphatic rings. The maximum atomic E-state index is 12.6. The molecule has 3 N–H and O–H groups in total. The molecule has 0 bridgehead atoms. The van der Waals surface area contributed by atoms with Gasteiger partial charge in [0.25, 0.3) is 5.91 Å². The van der Waals surface area contributed by atoms with Crippen LogP contribution in [-0.2, 0) is 11.3 Å². The molecule has 0 atom stereocenters. The summed E-state index contributed by atoms with van der Waals surface area (Å²) in [7, 11) is 1.57. The van der Waals surface area contributed by atoms with Gasteiger partial charge in [0.2, 0.25) is 5.91 Å². The quantitative estimate of drug-likeness (QED) is 0.519. The second kappa shape index (κ2) is 8.64. The van der Waals surface area contributed by atoms with Crippen molar-refractivity contribution in [3.05, 3.63) is 59.2 Å². The summed E-state index contributed by atoms with van der Waals surface area (Å²) in [6, 6.07) is 6.97. The largest absolute Gasteiger partial charge is 0.497 e. The Hall–Kier alpha value is -3.88. The molecule has 0 saturated heterocycles. The highest BCUT2D eigenvalue weighted by atomic mass is 16.5. The molecule has 0 saturated carbocycles. The van der Waals surface area contributed by atoms with Gasteiger partial charge in [0.05, 0.1) is 19.0 Å². The van der Waals surface area contributed by atoms with Gasteiger partial charge >= 0.3 is 0 Å². The zero-order chi connectivity index (χ0) is 21.8. The number of ketones is 1. The smallest absolute Gasteiger partial charge is 0.272 e. The monoisotopic (exact) mass is 409 g/mol. The average Bonchev–Trinajstić information content (AvgIpc) is 3.25. The molecule has 1 aromatic carbocycles. The number of hydrogen-bond donors (Lipinski definition) is 3. The Kier molecular flexibility index (Phi) is 6.01. The van der Waals surface area contributed by atoms with E-state index in [1.807, 2.05) is 0 Å². The van der Waals surface area contributed by atoms with Crippen LogP contribution in [0.3, 0.4) is 0 Å². The number of aromatic amines is 1. The fourth-order valence-electron chi connectivity index (χ4n) is 3.24. The molecule has 0 radical (unpaired) electrons. The van der Waals surface area contributed by atoms with E-state index in [0.717, 1.165) is 0 Å². The fraction of sp³-hybridized carbons (Fsp3) is 0.238. The Balaban J connectivity index is 1.62. The summed E-state index contributed by atoms with van der Waals surface area (Å²) < 4.78 is 6.50. The van der Waals surface area contributed by atoms with E-state index in [1.165, 1.54) is 17.8 Å². The van der Waals surface area contributed by atoms with Crippen molar-refractivity contribution in [2.45, 2.75) is 27.3 Å². The SMILES string of the molecule is COc1ccc(NC(=O)Cn2cc(NC(=O)c3[nH]c(C)c(C(C)=O)c3C)cn2)cc1. The van der Waals surface area contributed by atoms with E-state index in [1.54, 1.807) is 51.4 Å². The maximum Gasteiger partial charge on any atom is 0.272 e. The normalized spacial score (nSPS) is 10.5. The van der Waals surface area contributed by atoms with Crippen molar-refractivity contribution in [3.63, 3.8) is 0 Å². The lowest BCUT2D eigenvalue weighted by Gasteiger charge is -2.06. The lowest BCUT2D eigenvalue weighted by molar-refractivity contribution is -0.116. The summed E-state index contributed by atoms with van der Waals surface area (Å²) in [6.07, 6.45) is 3.01. The average molecular weight is 409 g/mol. The summed E-state index contributed by atoms with van der Waals surface area (Å²) in [4.78, 5) is 39.5. The van der Waals surface area contributed by atoms with Crippen LogP contribution in [0.5, 0.6) is 5.75 Å². The van der Waals surface area contributed by atoms with E-state index in [4.69, 9.17) is 4.74 Å². The van der Waals surface area contributed by atoms with Crippen molar-refractivity contribution in [1.29, 1.82) is 0 Å². The number of methoxy groups -OCH3 is 1. The third kappa shape index (κ3) is 4.57. The Morgan fingerprint density at radius 3 is 2.40 bits per heavy atom. The molecule has 0 aliphatic carbocycles. The van der Waals surface area contributed by atoms with Crippen LogP contribution < -0.4 is 15.4 Å². The van der Waals surface area contributed by atoms with E-state index >= 15 is 0 Å². The van der Waals surface area contributed by atoms with Gasteiger partial charge in [-0.2, -0.15) is 5.10 Å². The first-order chi connectivity index (χ1) is 14.3. The summed E-state index contributed by atoms with van der Waals surface area (Å²) in [5.41, 5.74) is 3.17. The van der Waals surface area contributed by atoms with Crippen molar-refractivity contribution in [1.82, 2.24) is 14.8 Å². The molecule has 0 unspecified atom stereocenters. The van der Waals surface area contributed by atoms with Crippen LogP contribution in [0.15, 0.2) is 36.7 Å². The second-order valence-electron chi connectivity index (χ2n) is 6.84. The summed E-state index contributed by atoms with van der Waals surface area (Å²) >= 11 is 0. The van der Waals surface area contributed by atoms with Gasteiger partial charge in [-0.05, 0) is 50.6 Å². The number of Topliss-reactive ketones (excluding diaryl/α,β-unsaturated/α-hetero) is 1. The van der Waals surface area contributed by atoms with Gasteiger partial charge in [-0.15, -0.1) is 0 Å². The van der Waals surface area contributed by atoms with Crippen LogP contribution in [-0.4, -0.2) is 39.5 Å². The molecule has 2 amide bonds. The van der Waals surface area contributed by atoms with Gasteiger partial charge in [-0.3, -0.25) is 19.1 Å². The van der Waals surface area contributed by atoms with Crippen LogP contribution in [0, 0.1) is 13.8 Å². The highest BCUT2D eigenvalue weighted by Gasteiger charge is 2.20. The van der Waals surface area contributed by atoms with Gasteiger partial charge < -0.3 is 20.4 Å². The molecular formula is C21H23N5O4. The Labute approximate surface area is 173 Å². The van der Waals surface area contributed by atoms with Crippen LogP contribution in [0.2, 0.25) is 0 Å². The number of carbonyl (C=O) groups is 3. The number of carbonyl (C=O) groups excluding carboxylic acids is 3. The third-order valence-electron chi connectivity index (χ3n) is 4.59. The number of H-pyrrole nitrogens is 1. The zero-order valence-electron chi connectivity index (χ0n) is 17.2. The highest BCUT2D eigenvalue weighted by molar-refractivity contribution is 6.07. The molecule has 3 aromatic rings. The van der Waals surface area contributed by atoms with E-state index in [0.29, 0.717) is 39.6 Å². The topological polar surface area (TPSA) is 118 Å². The predicted molar refractivity (Wildman–Crippen MR) is 112 cm³/mol. The molecule has 3 rings (SSSR count). The van der Waals surface area contributed by atoms with Crippen molar-refractivity contribution >= 4 is 29.0 Å². The number of rotatable bonds is 7. The zero-order valence-corrected chi connectivity index (χ0v) is 17.2. The number of anilines is 2. The fourth-order valence-corrected chi connectivity index (χ4v) is 3.24. The number of aryl methyl sites for hydroxylation is 1. The number of ether oxygens (including phenoxy) is 1. The molecule has 156 valence electrons. The molecule has 0 fully saturated rings. The third-order valence-corrected chi connectivity index (χ3v) is 4.59. The van der Waals surface area contributed by atoms with Crippen LogP contribution >= 0.6 is 0 Å². The van der Waals surface area contributed by atoms with Crippen molar-refractivity contribution < 1.29 is 19.1 Å². The number of nitrogens with zero attached hydrogens (tertiary/aromatic N) is 2. The minimum absolute atomic E-state index is 0.0168. The minimum atomic E-state index is -0.384. The van der Waals surface area contributed by atoms with E-state index in [2.05, 4.69) is 20.7 Å². The summed E-state index contributed by atoms with van der Waals surface area (Å²) in [5.74, 6) is -0.0483. The predicted octanol–water partition coefficient (Wildman–Crippen LogP) is 2.93. The number of amides is 2. The molecule has 2 aromatic heterocycles. The standard InChI is InChI=1S/C21H23N5O4/c1-12-19(14(3)27)13(2)23-20(12)21(29)25-16-9-22-26(10-16)11-18(28)24-15-5-7-17(30-4)8-6-15/h5-10,23H,11H2,1-4H3,(H,24,28)(H,25,29). The second-order valence-corrected chi connectivity index (χ2v) is 6.84. The Morgan fingerprint density at radius 2 is 1.80 bits per heavy atom. The van der Waals surface area contributed by atoms with E-state index in [-0.39, 0.29) is 24.1 Å². The Morgan fingerprint density at radius 1 is 1.10 bits per heavy atom. The van der Waals surface area contributed by atoms with Gasteiger partial charge in [-0.1, -0.05) is 0 Å². The maximum absolute atomic E-state index is 12.6. The first-order valence-corrected chi connectivity index (χ1v) is 9.26. The van der Waals surface area contributed by atoms with Crippen LogP contribution in [0.4, 0.5) is 11.4 Å². The van der Waals surface area contributed by atoms with Gasteiger partial charge in [0, 0.05) is 23.1 Å². The number of benzene rings is 1. The van der Waals surface area contributed by atoms with Crippen molar-refractivity contribution in [3.8, 4) is 5.75 Å². The number of aromatic nitrogens is 3. The molecular weight excluding hydrogens is 386 g/mol. The number of nitrogens with one attached hydrogen (secondary N) is 3. The Bertz CT molecular complexity index is 1100. The summed E-state index contributed by atoms with van der Waals surface area (Å²) in [6.45, 7) is 4.92. The molecule has 0 aliphatic heterocycles. The van der Waals surface area contributed by atoms with E-state index in [9.17, 15) is 14.4 Å². The van der Waals surface area contributed by atoms with Gasteiger partial charge in [0.15, 0.2) is 5.78 Å². The molecule has 0 spiro atoms. The first kappa shape index (κ1) is 20.8. The molecule has 9 nitrogen and oxygen atoms in total. The van der Waals surface area contributed by atoms with Crippen molar-refractivity contribution in [2.75, 3.05) is 17.7 Å². The molecule has 30 heavy (non-hydrogen) atoms. The highest BCUT2D eigenvalue weighted by Crippen LogP contribution is 2.20. The molecule has 2 heterocycles. The number of hydrogen-bond acceptors (Lipinski definition) is 5.